The Hall–Kier alpha value is -1.72. The first-order chi connectivity index (χ1) is 15.3. The molecule has 1 aliphatic rings. The van der Waals surface area contributed by atoms with Crippen LogP contribution in [0.25, 0.3) is 0 Å². The fraction of sp³-hybridized carbons (Fsp3) is 0.500. The molecule has 1 aromatic carbocycles. The molecule has 3 N–H and O–H groups in total. The van der Waals surface area contributed by atoms with Crippen molar-refractivity contribution >= 4 is 56.4 Å². The second-order valence-corrected chi connectivity index (χ2v) is 12.7. The van der Waals surface area contributed by atoms with Crippen LogP contribution in [-0.4, -0.2) is 50.4 Å². The Morgan fingerprint density at radius 2 is 2.03 bits per heavy atom. The number of carbonyl (C=O) groups excluding carboxylic acids is 2. The average Bonchev–Trinajstić information content (AvgIpc) is 2.97. The van der Waals surface area contributed by atoms with Crippen molar-refractivity contribution in [1.29, 1.82) is 0 Å². The summed E-state index contributed by atoms with van der Waals surface area (Å²) in [6.45, 7) is 10.1. The molecule has 0 atom stereocenters. The number of amides is 2. The zero-order chi connectivity index (χ0) is 24.6. The Morgan fingerprint density at radius 1 is 1.33 bits per heavy atom. The van der Waals surface area contributed by atoms with Crippen LogP contribution in [0, 0.1) is 20.2 Å². The Bertz CT molecular complexity index is 1060. The van der Waals surface area contributed by atoms with E-state index in [-0.39, 0.29) is 28.3 Å². The Kier molecular flexibility index (Phi) is 7.75. The van der Waals surface area contributed by atoms with Crippen LogP contribution < -0.4 is 16.0 Å². The van der Waals surface area contributed by atoms with E-state index in [0.29, 0.717) is 35.0 Å². The number of carbonyl (C=O) groups is 2. The Balaban J connectivity index is 2.01. The molecular formula is C24H32FIN4O2S. The van der Waals surface area contributed by atoms with Gasteiger partial charge in [0.15, 0.2) is 0 Å². The Morgan fingerprint density at radius 3 is 2.67 bits per heavy atom. The molecule has 9 heteroatoms. The number of nitrogens with zero attached hydrogens (tertiary/aromatic N) is 1. The standard InChI is InChI=1S/C24H32FIN4O2S/c1-23(2)10-15-18(20(31)27-12-24(3,4)13-30(5)6)22(33-19(15)21(32)28-11-23)29-17-8-7-14(26)9-16(17)25/h7-9,29H,10-13H2,1-6H3,(H,27,31)(H,28,32). The maximum atomic E-state index is 14.6. The van der Waals surface area contributed by atoms with Gasteiger partial charge in [0.25, 0.3) is 11.8 Å². The van der Waals surface area contributed by atoms with Gasteiger partial charge >= 0.3 is 0 Å². The average molecular weight is 587 g/mol. The Labute approximate surface area is 212 Å². The highest BCUT2D eigenvalue weighted by atomic mass is 127. The molecule has 0 spiro atoms. The van der Waals surface area contributed by atoms with Crippen LogP contribution in [0.3, 0.4) is 0 Å². The number of hydrogen-bond acceptors (Lipinski definition) is 5. The van der Waals surface area contributed by atoms with Crippen LogP contribution in [0.4, 0.5) is 15.1 Å². The van der Waals surface area contributed by atoms with Gasteiger partial charge < -0.3 is 20.9 Å². The van der Waals surface area contributed by atoms with E-state index >= 15 is 0 Å². The molecule has 2 heterocycles. The largest absolute Gasteiger partial charge is 0.351 e. The first-order valence-corrected chi connectivity index (χ1v) is 12.8. The normalized spacial score (nSPS) is 15.6. The number of halogens is 2. The van der Waals surface area contributed by atoms with Crippen LogP contribution in [0.5, 0.6) is 0 Å². The van der Waals surface area contributed by atoms with Crippen molar-refractivity contribution in [3.63, 3.8) is 0 Å². The topological polar surface area (TPSA) is 73.5 Å². The molecule has 2 amide bonds. The first-order valence-electron chi connectivity index (χ1n) is 10.9. The minimum atomic E-state index is -0.409. The second kappa shape index (κ2) is 9.87. The molecule has 0 saturated heterocycles. The van der Waals surface area contributed by atoms with Gasteiger partial charge in [-0.1, -0.05) is 27.7 Å². The molecule has 0 saturated carbocycles. The van der Waals surface area contributed by atoms with E-state index in [1.165, 1.54) is 17.4 Å². The zero-order valence-electron chi connectivity index (χ0n) is 20.0. The number of nitrogens with one attached hydrogen (secondary N) is 3. The van der Waals surface area contributed by atoms with Gasteiger partial charge in [0.05, 0.1) is 16.1 Å². The minimum absolute atomic E-state index is 0.140. The van der Waals surface area contributed by atoms with Gasteiger partial charge in [0, 0.05) is 23.2 Å². The maximum Gasteiger partial charge on any atom is 0.261 e. The summed E-state index contributed by atoms with van der Waals surface area (Å²) in [5, 5.41) is 9.61. The third-order valence-electron chi connectivity index (χ3n) is 5.47. The highest BCUT2D eigenvalue weighted by molar-refractivity contribution is 14.1. The summed E-state index contributed by atoms with van der Waals surface area (Å²) in [7, 11) is 4.00. The highest BCUT2D eigenvalue weighted by Crippen LogP contribution is 2.40. The lowest BCUT2D eigenvalue weighted by Crippen LogP contribution is -2.40. The summed E-state index contributed by atoms with van der Waals surface area (Å²) in [6, 6.07) is 4.87. The van der Waals surface area contributed by atoms with Crippen molar-refractivity contribution in [2.75, 3.05) is 39.0 Å². The lowest BCUT2D eigenvalue weighted by molar-refractivity contribution is 0.0928. The van der Waals surface area contributed by atoms with Crippen LogP contribution in [0.1, 0.15) is 53.3 Å². The molecule has 3 rings (SSSR count). The van der Waals surface area contributed by atoms with Crippen LogP contribution in [-0.2, 0) is 6.42 Å². The van der Waals surface area contributed by atoms with Crippen LogP contribution in [0.15, 0.2) is 18.2 Å². The third-order valence-corrected chi connectivity index (χ3v) is 7.29. The van der Waals surface area contributed by atoms with Gasteiger partial charge in [-0.25, -0.2) is 4.39 Å². The van der Waals surface area contributed by atoms with Crippen molar-refractivity contribution in [3.05, 3.63) is 43.6 Å². The van der Waals surface area contributed by atoms with Gasteiger partial charge in [-0.2, -0.15) is 0 Å². The molecule has 2 aromatic rings. The van der Waals surface area contributed by atoms with Gasteiger partial charge in [-0.3, -0.25) is 9.59 Å². The number of benzene rings is 1. The lowest BCUT2D eigenvalue weighted by atomic mass is 9.85. The molecule has 1 aromatic heterocycles. The van der Waals surface area contributed by atoms with E-state index in [2.05, 4.69) is 71.1 Å². The number of thiophene rings is 1. The molecule has 0 aliphatic carbocycles. The minimum Gasteiger partial charge on any atom is -0.351 e. The molecule has 6 nitrogen and oxygen atoms in total. The number of fused-ring (bicyclic) bond motifs is 1. The smallest absolute Gasteiger partial charge is 0.261 e. The molecule has 0 bridgehead atoms. The summed E-state index contributed by atoms with van der Waals surface area (Å²) in [5.41, 5.74) is 1.06. The maximum absolute atomic E-state index is 14.6. The summed E-state index contributed by atoms with van der Waals surface area (Å²) in [5.74, 6) is -0.856. The first kappa shape index (κ1) is 25.9. The fourth-order valence-electron chi connectivity index (χ4n) is 4.12. The van der Waals surface area contributed by atoms with Gasteiger partial charge in [-0.15, -0.1) is 11.3 Å². The number of rotatable bonds is 7. The van der Waals surface area contributed by atoms with E-state index in [0.717, 1.165) is 15.7 Å². The monoisotopic (exact) mass is 586 g/mol. The third kappa shape index (κ3) is 6.45. The molecule has 0 radical (unpaired) electrons. The predicted octanol–water partition coefficient (Wildman–Crippen LogP) is 4.87. The molecule has 33 heavy (non-hydrogen) atoms. The SMILES string of the molecule is CN(C)CC(C)(C)CNC(=O)c1c(Nc2ccc(I)cc2F)sc2c1CC(C)(C)CNC2=O. The quantitative estimate of drug-likeness (QED) is 0.406. The molecular weight excluding hydrogens is 554 g/mol. The van der Waals surface area contributed by atoms with Crippen molar-refractivity contribution < 1.29 is 14.0 Å². The van der Waals surface area contributed by atoms with Gasteiger partial charge in [-0.05, 0) is 77.7 Å². The second-order valence-electron chi connectivity index (χ2n) is 10.5. The molecule has 0 fully saturated rings. The zero-order valence-corrected chi connectivity index (χ0v) is 23.0. The summed E-state index contributed by atoms with van der Waals surface area (Å²) in [4.78, 5) is 28.9. The summed E-state index contributed by atoms with van der Waals surface area (Å²) >= 11 is 3.26. The van der Waals surface area contributed by atoms with Crippen LogP contribution in [0.2, 0.25) is 0 Å². The van der Waals surface area contributed by atoms with Gasteiger partial charge in [0.2, 0.25) is 0 Å². The fourth-order valence-corrected chi connectivity index (χ4v) is 5.72. The van der Waals surface area contributed by atoms with Crippen molar-refractivity contribution in [2.24, 2.45) is 10.8 Å². The van der Waals surface area contributed by atoms with Crippen molar-refractivity contribution in [2.45, 2.75) is 34.1 Å². The number of anilines is 2. The van der Waals surface area contributed by atoms with Crippen molar-refractivity contribution in [3.8, 4) is 0 Å². The lowest BCUT2D eigenvalue weighted by Gasteiger charge is -2.28. The number of hydrogen-bond donors (Lipinski definition) is 3. The van der Waals surface area contributed by atoms with E-state index in [1.54, 1.807) is 12.1 Å². The summed E-state index contributed by atoms with van der Waals surface area (Å²) in [6.07, 6.45) is 0.568. The molecule has 180 valence electrons. The van der Waals surface area contributed by atoms with Crippen LogP contribution >= 0.6 is 33.9 Å². The van der Waals surface area contributed by atoms with E-state index in [9.17, 15) is 14.0 Å². The van der Waals surface area contributed by atoms with E-state index < -0.39 is 5.82 Å². The summed E-state index contributed by atoms with van der Waals surface area (Å²) < 4.78 is 15.4. The van der Waals surface area contributed by atoms with Crippen molar-refractivity contribution in [1.82, 2.24) is 15.5 Å². The molecule has 1 aliphatic heterocycles. The van der Waals surface area contributed by atoms with E-state index in [4.69, 9.17) is 0 Å². The van der Waals surface area contributed by atoms with Gasteiger partial charge in [0.1, 0.15) is 10.8 Å². The molecule has 0 unspecified atom stereocenters. The highest BCUT2D eigenvalue weighted by Gasteiger charge is 2.35. The predicted molar refractivity (Wildman–Crippen MR) is 141 cm³/mol. The van der Waals surface area contributed by atoms with E-state index in [1.807, 2.05) is 14.1 Å².